The number of benzene rings is 1. The summed E-state index contributed by atoms with van der Waals surface area (Å²) in [6, 6.07) is 9.82. The first kappa shape index (κ1) is 15.0. The van der Waals surface area contributed by atoms with E-state index < -0.39 is 11.5 Å². The Bertz CT molecular complexity index is 432. The topological polar surface area (TPSA) is 75.8 Å². The van der Waals surface area contributed by atoms with Crippen molar-refractivity contribution in [3.8, 4) is 0 Å². The Hall–Kier alpha value is -1.43. The van der Waals surface area contributed by atoms with Gasteiger partial charge in [-0.2, -0.15) is 0 Å². The molecule has 0 spiro atoms. The van der Waals surface area contributed by atoms with Gasteiger partial charge in [0.15, 0.2) is 0 Å². The first-order valence-corrected chi connectivity index (χ1v) is 6.92. The number of ether oxygens (including phenoxy) is 1. The van der Waals surface area contributed by atoms with Crippen LogP contribution in [0, 0.1) is 0 Å². The molecule has 1 unspecified atom stereocenters. The molecule has 0 aliphatic carbocycles. The highest BCUT2D eigenvalue weighted by molar-refractivity contribution is 5.68. The monoisotopic (exact) mass is 278 g/mol. The largest absolute Gasteiger partial charge is 0.481 e. The molecule has 1 saturated heterocycles. The first-order valence-electron chi connectivity index (χ1n) is 6.92. The molecule has 0 saturated carbocycles. The number of carboxylic acids is 1. The third-order valence-electron chi connectivity index (χ3n) is 3.54. The van der Waals surface area contributed by atoms with E-state index in [2.05, 4.69) is 4.90 Å². The lowest BCUT2D eigenvalue weighted by Crippen LogP contribution is -2.55. The number of rotatable bonds is 6. The lowest BCUT2D eigenvalue weighted by atomic mass is 9.87. The highest BCUT2D eigenvalue weighted by atomic mass is 16.5. The molecule has 5 nitrogen and oxygen atoms in total. The lowest BCUT2D eigenvalue weighted by molar-refractivity contribution is -0.138. The fraction of sp³-hybridized carbons (Fsp3) is 0.533. The standard InChI is InChI=1S/C15H22N2O3/c16-15(11-14(18)19,10-13-4-2-1-3-5-13)12-17-6-8-20-9-7-17/h1-5H,6-12,16H2,(H,18,19). The number of carboxylic acid groups (broad SMARTS) is 1. The van der Waals surface area contributed by atoms with Crippen LogP contribution in [0.5, 0.6) is 0 Å². The van der Waals surface area contributed by atoms with Crippen molar-refractivity contribution >= 4 is 5.97 Å². The molecule has 0 aromatic heterocycles. The Kier molecular flexibility index (Phi) is 5.11. The average molecular weight is 278 g/mol. The van der Waals surface area contributed by atoms with Gasteiger partial charge in [-0.15, -0.1) is 0 Å². The predicted molar refractivity (Wildman–Crippen MR) is 76.6 cm³/mol. The first-order chi connectivity index (χ1) is 9.57. The summed E-state index contributed by atoms with van der Waals surface area (Å²) in [6.07, 6.45) is 0.538. The van der Waals surface area contributed by atoms with Crippen molar-refractivity contribution in [3.63, 3.8) is 0 Å². The molecule has 20 heavy (non-hydrogen) atoms. The molecule has 1 aromatic rings. The number of nitrogens with zero attached hydrogens (tertiary/aromatic N) is 1. The Morgan fingerprint density at radius 1 is 1.30 bits per heavy atom. The summed E-state index contributed by atoms with van der Waals surface area (Å²) in [4.78, 5) is 13.3. The summed E-state index contributed by atoms with van der Waals surface area (Å²) in [5.41, 5.74) is 6.73. The molecule has 2 rings (SSSR count). The third-order valence-corrected chi connectivity index (χ3v) is 3.54. The van der Waals surface area contributed by atoms with Crippen molar-refractivity contribution in [3.05, 3.63) is 35.9 Å². The van der Waals surface area contributed by atoms with E-state index in [-0.39, 0.29) is 6.42 Å². The van der Waals surface area contributed by atoms with Crippen LogP contribution in [-0.2, 0) is 16.0 Å². The van der Waals surface area contributed by atoms with Gasteiger partial charge in [-0.1, -0.05) is 30.3 Å². The molecule has 1 aliphatic rings. The zero-order chi connectivity index (χ0) is 14.4. The van der Waals surface area contributed by atoms with Crippen molar-refractivity contribution < 1.29 is 14.6 Å². The van der Waals surface area contributed by atoms with Crippen molar-refractivity contribution in [2.75, 3.05) is 32.8 Å². The van der Waals surface area contributed by atoms with Gasteiger partial charge in [-0.05, 0) is 12.0 Å². The molecule has 0 amide bonds. The zero-order valence-electron chi connectivity index (χ0n) is 11.6. The zero-order valence-corrected chi connectivity index (χ0v) is 11.6. The number of aliphatic carboxylic acids is 1. The SMILES string of the molecule is NC(CC(=O)O)(Cc1ccccc1)CN1CCOCC1. The molecular formula is C15H22N2O3. The molecule has 110 valence electrons. The molecule has 0 bridgehead atoms. The minimum Gasteiger partial charge on any atom is -0.481 e. The van der Waals surface area contributed by atoms with Crippen LogP contribution in [0.25, 0.3) is 0 Å². The van der Waals surface area contributed by atoms with E-state index in [1.165, 1.54) is 0 Å². The second-order valence-corrected chi connectivity index (χ2v) is 5.48. The van der Waals surface area contributed by atoms with Gasteiger partial charge in [0.1, 0.15) is 0 Å². The van der Waals surface area contributed by atoms with Crippen LogP contribution in [-0.4, -0.2) is 54.4 Å². The van der Waals surface area contributed by atoms with Gasteiger partial charge in [0.05, 0.1) is 19.6 Å². The smallest absolute Gasteiger partial charge is 0.305 e. The molecule has 1 aromatic carbocycles. The van der Waals surface area contributed by atoms with Crippen LogP contribution in [0.1, 0.15) is 12.0 Å². The van der Waals surface area contributed by atoms with Crippen LogP contribution >= 0.6 is 0 Å². The second kappa shape index (κ2) is 6.83. The summed E-state index contributed by atoms with van der Waals surface area (Å²) in [5.74, 6) is -0.850. The Balaban J connectivity index is 2.05. The molecular weight excluding hydrogens is 256 g/mol. The quantitative estimate of drug-likeness (QED) is 0.802. The highest BCUT2D eigenvalue weighted by Gasteiger charge is 2.31. The maximum Gasteiger partial charge on any atom is 0.305 e. The van der Waals surface area contributed by atoms with Gasteiger partial charge in [0, 0.05) is 25.2 Å². The van der Waals surface area contributed by atoms with Crippen LogP contribution in [0.2, 0.25) is 0 Å². The van der Waals surface area contributed by atoms with Gasteiger partial charge < -0.3 is 15.6 Å². The summed E-state index contributed by atoms with van der Waals surface area (Å²) >= 11 is 0. The van der Waals surface area contributed by atoms with E-state index in [9.17, 15) is 4.79 Å². The summed E-state index contributed by atoms with van der Waals surface area (Å²) in [6.45, 7) is 3.58. The molecule has 5 heteroatoms. The van der Waals surface area contributed by atoms with Crippen LogP contribution in [0.4, 0.5) is 0 Å². The van der Waals surface area contributed by atoms with E-state index in [1.807, 2.05) is 30.3 Å². The van der Waals surface area contributed by atoms with Crippen molar-refractivity contribution in [1.29, 1.82) is 0 Å². The van der Waals surface area contributed by atoms with Gasteiger partial charge >= 0.3 is 5.97 Å². The Morgan fingerprint density at radius 3 is 2.55 bits per heavy atom. The normalized spacial score (nSPS) is 19.4. The molecule has 3 N–H and O–H groups in total. The molecule has 0 radical (unpaired) electrons. The molecule has 1 fully saturated rings. The van der Waals surface area contributed by atoms with E-state index in [0.29, 0.717) is 26.2 Å². The number of hydrogen-bond donors (Lipinski definition) is 2. The number of hydrogen-bond acceptors (Lipinski definition) is 4. The van der Waals surface area contributed by atoms with Crippen LogP contribution in [0.3, 0.4) is 0 Å². The number of nitrogens with two attached hydrogens (primary N) is 1. The Labute approximate surface area is 119 Å². The summed E-state index contributed by atoms with van der Waals surface area (Å²) in [5, 5.41) is 9.13. The van der Waals surface area contributed by atoms with Crippen LogP contribution in [0.15, 0.2) is 30.3 Å². The number of carbonyl (C=O) groups is 1. The lowest BCUT2D eigenvalue weighted by Gasteiger charge is -2.36. The molecule has 1 atom stereocenters. The average Bonchev–Trinajstić information content (AvgIpc) is 2.39. The van der Waals surface area contributed by atoms with E-state index in [0.717, 1.165) is 18.7 Å². The van der Waals surface area contributed by atoms with Crippen molar-refractivity contribution in [2.24, 2.45) is 5.73 Å². The third kappa shape index (κ3) is 4.59. The van der Waals surface area contributed by atoms with Gasteiger partial charge in [0.25, 0.3) is 0 Å². The van der Waals surface area contributed by atoms with E-state index in [1.54, 1.807) is 0 Å². The number of morpholine rings is 1. The van der Waals surface area contributed by atoms with Gasteiger partial charge in [-0.3, -0.25) is 9.69 Å². The fourth-order valence-electron chi connectivity index (χ4n) is 2.68. The van der Waals surface area contributed by atoms with Crippen molar-refractivity contribution in [1.82, 2.24) is 4.90 Å². The molecule has 1 aliphatic heterocycles. The van der Waals surface area contributed by atoms with E-state index >= 15 is 0 Å². The van der Waals surface area contributed by atoms with E-state index in [4.69, 9.17) is 15.6 Å². The van der Waals surface area contributed by atoms with Gasteiger partial charge in [0.2, 0.25) is 0 Å². The maximum absolute atomic E-state index is 11.1. The van der Waals surface area contributed by atoms with Gasteiger partial charge in [-0.25, -0.2) is 0 Å². The summed E-state index contributed by atoms with van der Waals surface area (Å²) < 4.78 is 5.31. The molecule has 1 heterocycles. The Morgan fingerprint density at radius 2 is 1.95 bits per heavy atom. The second-order valence-electron chi connectivity index (χ2n) is 5.48. The minimum absolute atomic E-state index is 0.0285. The van der Waals surface area contributed by atoms with Crippen molar-refractivity contribution in [2.45, 2.75) is 18.4 Å². The minimum atomic E-state index is -0.850. The fourth-order valence-corrected chi connectivity index (χ4v) is 2.68. The predicted octanol–water partition coefficient (Wildman–Crippen LogP) is 0.733. The van der Waals surface area contributed by atoms with Crippen LogP contribution < -0.4 is 5.73 Å². The highest BCUT2D eigenvalue weighted by Crippen LogP contribution is 2.17. The maximum atomic E-state index is 11.1. The summed E-state index contributed by atoms with van der Waals surface area (Å²) in [7, 11) is 0.